The Balaban J connectivity index is 0.979. The summed E-state index contributed by atoms with van der Waals surface area (Å²) >= 11 is 1.75. The fourth-order valence-corrected chi connectivity index (χ4v) is 18.0. The molecule has 0 atom stereocenters. The second-order valence-electron chi connectivity index (χ2n) is 33.1. The van der Waals surface area contributed by atoms with Crippen LogP contribution in [0.25, 0.3) is 120 Å². The highest BCUT2D eigenvalue weighted by molar-refractivity contribution is 7.27. The number of anilines is 6. The standard InChI is InChI=1S/C100H85BN4S/c1-97(2,3)70-41-47-84-78(56-70)79-57-71(98(4,5)6)42-48-85(79)102(84)75-60-92-94-93(61-75)105(89-38-26-36-77-76-35-25-37-88(95(76)106-96(77)89)104-86-49-43-72(99(7,8)9)58-80(86)81-59-73(100(10,11)12)44-50-87(81)104)91-55-67(63-29-19-14-20-30-63)40-46-83(91)101(94)82-45-39-66(62-27-17-13-18-28-62)54-90(82)103(92)74-52-68(64-31-21-15-22-32-64)51-69(53-74)65-33-23-16-24-34-65/h13-61H,1-12H3/i13D,14D,17D,18D,19D,20D,27D,28D,29D,30D. The number of thiophene rings is 1. The molecule has 3 aromatic heterocycles. The molecule has 106 heavy (non-hydrogen) atoms. The van der Waals surface area contributed by atoms with Gasteiger partial charge in [0.25, 0.3) is 6.71 Å². The SMILES string of the molecule is [2H]c1c([2H])c([2H])c(-c2ccc3c(c2)N(c2cc(-c4ccccc4)cc(-c4ccccc4)c2)c2cc(-n4c5ccc(C(C)(C)C)cc5c5cc(C(C)(C)C)ccc54)cc4c2B3c2ccc(-c3c([2H])c([2H])c([2H])c([2H])c3[2H])cc2N4c2cccc3c2sc2c(-n4c5ccc(C(C)(C)C)cc5c5cc(C(C)(C)C)ccc54)cccc23)c([2H])c1[2H]. The van der Waals surface area contributed by atoms with Crippen molar-refractivity contribution in [3.8, 4) is 55.9 Å². The smallest absolute Gasteiger partial charge is 0.252 e. The molecule has 14 aromatic carbocycles. The van der Waals surface area contributed by atoms with Crippen LogP contribution in [0.2, 0.25) is 0 Å². The number of nitrogens with zero attached hydrogens (tertiary/aromatic N) is 4. The highest BCUT2D eigenvalue weighted by atomic mass is 32.1. The Morgan fingerprint density at radius 1 is 0.274 bits per heavy atom. The molecule has 0 bridgehead atoms. The quantitative estimate of drug-likeness (QED) is 0.141. The van der Waals surface area contributed by atoms with E-state index in [1.807, 2.05) is 36.4 Å². The van der Waals surface area contributed by atoms with Crippen LogP contribution in [-0.4, -0.2) is 15.8 Å². The third-order valence-electron chi connectivity index (χ3n) is 22.2. The molecule has 0 fully saturated rings. The van der Waals surface area contributed by atoms with Crippen molar-refractivity contribution in [3.63, 3.8) is 0 Å². The lowest BCUT2D eigenvalue weighted by atomic mass is 9.33. The number of benzene rings is 14. The predicted octanol–water partition coefficient (Wildman–Crippen LogP) is 26.2. The number of fused-ring (bicyclic) bond motifs is 13. The fourth-order valence-electron chi connectivity index (χ4n) is 16.7. The van der Waals surface area contributed by atoms with Gasteiger partial charge in [0.2, 0.25) is 0 Å². The van der Waals surface area contributed by atoms with Crippen molar-refractivity contribution < 1.29 is 13.7 Å². The molecule has 0 saturated heterocycles. The summed E-state index contributed by atoms with van der Waals surface area (Å²) in [6.07, 6.45) is 0. The van der Waals surface area contributed by atoms with E-state index in [2.05, 4.69) is 302 Å². The first-order valence-electron chi connectivity index (χ1n) is 41.8. The van der Waals surface area contributed by atoms with Crippen molar-refractivity contribution >= 4 is 132 Å². The van der Waals surface area contributed by atoms with Crippen molar-refractivity contribution in [2.75, 3.05) is 9.80 Å². The van der Waals surface area contributed by atoms with Crippen LogP contribution in [0.4, 0.5) is 34.1 Å². The first-order chi connectivity index (χ1) is 55.2. The van der Waals surface area contributed by atoms with E-state index < -0.39 is 43.0 Å². The Bertz CT molecular complexity index is 6830. The predicted molar refractivity (Wildman–Crippen MR) is 459 cm³/mol. The molecule has 0 radical (unpaired) electrons. The topological polar surface area (TPSA) is 16.3 Å². The van der Waals surface area contributed by atoms with E-state index in [1.54, 1.807) is 11.3 Å². The van der Waals surface area contributed by atoms with Gasteiger partial charge in [0.1, 0.15) is 0 Å². The first-order valence-corrected chi connectivity index (χ1v) is 37.6. The average molecular weight is 1400 g/mol. The monoisotopic (exact) mass is 1390 g/mol. The van der Waals surface area contributed by atoms with Gasteiger partial charge >= 0.3 is 0 Å². The van der Waals surface area contributed by atoms with E-state index >= 15 is 0 Å². The Labute approximate surface area is 641 Å². The lowest BCUT2D eigenvalue weighted by Gasteiger charge is -2.45. The van der Waals surface area contributed by atoms with Gasteiger partial charge in [-0.3, -0.25) is 0 Å². The summed E-state index contributed by atoms with van der Waals surface area (Å²) in [4.78, 5) is 4.72. The molecule has 0 saturated carbocycles. The van der Waals surface area contributed by atoms with Crippen LogP contribution >= 0.6 is 11.3 Å². The minimum absolute atomic E-state index is 0.0668. The van der Waals surface area contributed by atoms with E-state index in [4.69, 9.17) is 8.22 Å². The molecule has 0 spiro atoms. The molecule has 17 aromatic rings. The van der Waals surface area contributed by atoms with Gasteiger partial charge in [-0.05, 0) is 208 Å². The fraction of sp³-hybridized carbons (Fsp3) is 0.160. The molecular weight excluding hydrogens is 1300 g/mol. The molecular formula is C100H85BN4S. The Hall–Kier alpha value is -11.4. The van der Waals surface area contributed by atoms with Crippen LogP contribution in [0.1, 0.15) is 119 Å². The summed E-state index contributed by atoms with van der Waals surface area (Å²) in [6, 6.07) is 81.2. The third-order valence-corrected chi connectivity index (χ3v) is 23.5. The van der Waals surface area contributed by atoms with Gasteiger partial charge in [-0.15, -0.1) is 11.3 Å². The van der Waals surface area contributed by atoms with Crippen LogP contribution in [0.3, 0.4) is 0 Å². The molecule has 2 aliphatic rings. The molecule has 5 heterocycles. The second-order valence-corrected chi connectivity index (χ2v) is 34.1. The summed E-state index contributed by atoms with van der Waals surface area (Å²) in [5.41, 5.74) is 22.6. The van der Waals surface area contributed by atoms with Gasteiger partial charge in [0.05, 0.1) is 62.2 Å². The molecule has 0 amide bonds. The van der Waals surface area contributed by atoms with E-state index in [1.165, 1.54) is 33.0 Å². The van der Waals surface area contributed by atoms with Crippen molar-refractivity contribution in [1.82, 2.24) is 9.13 Å². The summed E-state index contributed by atoms with van der Waals surface area (Å²) in [6.45, 7) is 26.6. The van der Waals surface area contributed by atoms with Crippen molar-refractivity contribution in [2.45, 2.75) is 105 Å². The minimum atomic E-state index is -0.608. The van der Waals surface area contributed by atoms with Gasteiger partial charge in [0.15, 0.2) is 0 Å². The normalized spacial score (nSPS) is 14.5. The maximum atomic E-state index is 9.66. The van der Waals surface area contributed by atoms with Crippen LogP contribution in [0.5, 0.6) is 0 Å². The zero-order valence-electron chi connectivity index (χ0n) is 71.8. The molecule has 0 aliphatic carbocycles. The van der Waals surface area contributed by atoms with E-state index in [0.717, 1.165) is 126 Å². The Morgan fingerprint density at radius 2 is 0.670 bits per heavy atom. The van der Waals surface area contributed by atoms with Crippen molar-refractivity contribution in [3.05, 3.63) is 319 Å². The van der Waals surface area contributed by atoms with Crippen LogP contribution in [-0.2, 0) is 21.7 Å². The molecule has 2 aliphatic heterocycles. The van der Waals surface area contributed by atoms with Crippen LogP contribution in [0.15, 0.2) is 297 Å². The van der Waals surface area contributed by atoms with Gasteiger partial charge in [0, 0.05) is 60.8 Å². The number of aromatic nitrogens is 2. The molecule has 0 unspecified atom stereocenters. The summed E-state index contributed by atoms with van der Waals surface area (Å²) < 4.78 is 99.6. The lowest BCUT2D eigenvalue weighted by molar-refractivity contribution is 0.590. The van der Waals surface area contributed by atoms with E-state index in [-0.39, 0.29) is 57.0 Å². The van der Waals surface area contributed by atoms with Gasteiger partial charge in [-0.2, -0.15) is 0 Å². The number of hydrogen-bond acceptors (Lipinski definition) is 3. The van der Waals surface area contributed by atoms with Gasteiger partial charge < -0.3 is 18.9 Å². The van der Waals surface area contributed by atoms with Crippen molar-refractivity contribution in [2.24, 2.45) is 0 Å². The lowest BCUT2D eigenvalue weighted by Crippen LogP contribution is -2.61. The highest BCUT2D eigenvalue weighted by Crippen LogP contribution is 2.53. The third kappa shape index (κ3) is 10.6. The first kappa shape index (κ1) is 55.1. The summed E-state index contributed by atoms with van der Waals surface area (Å²) in [5, 5.41) is 6.68. The summed E-state index contributed by atoms with van der Waals surface area (Å²) in [7, 11) is 0. The number of rotatable bonds is 8. The Morgan fingerprint density at radius 3 is 1.10 bits per heavy atom. The zero-order valence-corrected chi connectivity index (χ0v) is 62.6. The molecule has 6 heteroatoms. The maximum absolute atomic E-state index is 9.66. The molecule has 0 N–H and O–H groups in total. The Kier molecular flexibility index (Phi) is 12.5. The van der Waals surface area contributed by atoms with Crippen LogP contribution < -0.4 is 26.2 Å². The highest BCUT2D eigenvalue weighted by Gasteiger charge is 2.45. The molecule has 514 valence electrons. The second kappa shape index (κ2) is 24.1. The largest absolute Gasteiger partial charge is 0.311 e. The van der Waals surface area contributed by atoms with E-state index in [0.29, 0.717) is 22.5 Å². The van der Waals surface area contributed by atoms with E-state index in [9.17, 15) is 5.48 Å². The van der Waals surface area contributed by atoms with Crippen molar-refractivity contribution in [1.29, 1.82) is 0 Å². The van der Waals surface area contributed by atoms with Gasteiger partial charge in [-0.1, -0.05) is 277 Å². The maximum Gasteiger partial charge on any atom is 0.252 e. The molecule has 19 rings (SSSR count). The summed E-state index contributed by atoms with van der Waals surface area (Å²) in [5.74, 6) is 0. The average Bonchev–Trinajstić information content (AvgIpc) is 1.08. The van der Waals surface area contributed by atoms with Gasteiger partial charge in [-0.25, -0.2) is 0 Å². The number of hydrogen-bond donors (Lipinski definition) is 0. The molecule has 4 nitrogen and oxygen atoms in total. The minimum Gasteiger partial charge on any atom is -0.311 e. The van der Waals surface area contributed by atoms with Crippen LogP contribution in [0, 0.1) is 0 Å². The zero-order chi connectivity index (χ0) is 81.2.